The second-order valence-corrected chi connectivity index (χ2v) is 3.07. The summed E-state index contributed by atoms with van der Waals surface area (Å²) in [5, 5.41) is 0. The normalized spacial score (nSPS) is 13.5. The van der Waals surface area contributed by atoms with Crippen molar-refractivity contribution in [2.45, 2.75) is 6.54 Å². The minimum atomic E-state index is 0.726. The van der Waals surface area contributed by atoms with Crippen molar-refractivity contribution in [3.63, 3.8) is 0 Å². The number of furan rings is 1. The Morgan fingerprint density at radius 3 is 3.38 bits per heavy atom. The van der Waals surface area contributed by atoms with Crippen LogP contribution in [-0.4, -0.2) is 10.8 Å². The van der Waals surface area contributed by atoms with Crippen LogP contribution in [0.3, 0.4) is 0 Å². The van der Waals surface area contributed by atoms with Crippen LogP contribution in [0.4, 0.5) is 5.88 Å². The average Bonchev–Trinajstić information content (AvgIpc) is 2.72. The van der Waals surface area contributed by atoms with Crippen molar-refractivity contribution < 1.29 is 4.42 Å². The van der Waals surface area contributed by atoms with Crippen molar-refractivity contribution in [2.75, 3.05) is 0 Å². The minimum absolute atomic E-state index is 0.726. The molecule has 0 aliphatic carbocycles. The van der Waals surface area contributed by atoms with E-state index >= 15 is 0 Å². The first-order valence-corrected chi connectivity index (χ1v) is 4.19. The molecule has 0 bridgehead atoms. The Morgan fingerprint density at radius 2 is 2.38 bits per heavy atom. The second-order valence-electron chi connectivity index (χ2n) is 3.07. The molecule has 3 heteroatoms. The molecule has 0 spiro atoms. The summed E-state index contributed by atoms with van der Waals surface area (Å²) in [5.74, 6) is 0.726. The molecule has 3 heterocycles. The molecule has 0 aromatic carbocycles. The average molecular weight is 172 g/mol. The Balaban J connectivity index is 2.20. The SMILES string of the molecule is C1=Nc2occc2Cn2cccc21. The van der Waals surface area contributed by atoms with Crippen molar-refractivity contribution in [1.29, 1.82) is 0 Å². The van der Waals surface area contributed by atoms with Gasteiger partial charge in [-0.3, -0.25) is 0 Å². The Kier molecular flexibility index (Phi) is 1.22. The highest BCUT2D eigenvalue weighted by Gasteiger charge is 2.10. The van der Waals surface area contributed by atoms with Crippen molar-refractivity contribution in [1.82, 2.24) is 4.57 Å². The standard InChI is InChI=1S/C10H8N2O/c1-2-9-6-11-10-8(3-5-13-10)7-12(9)4-1/h1-6H,7H2. The third-order valence-electron chi connectivity index (χ3n) is 2.24. The Bertz CT molecular complexity index is 422. The van der Waals surface area contributed by atoms with Crippen LogP contribution in [0.2, 0.25) is 0 Å². The molecule has 64 valence electrons. The highest BCUT2D eigenvalue weighted by Crippen LogP contribution is 2.24. The zero-order valence-electron chi connectivity index (χ0n) is 6.97. The summed E-state index contributed by atoms with van der Waals surface area (Å²) >= 11 is 0. The van der Waals surface area contributed by atoms with E-state index in [0.717, 1.165) is 23.7 Å². The summed E-state index contributed by atoms with van der Waals surface area (Å²) in [6.45, 7) is 0.841. The van der Waals surface area contributed by atoms with Crippen LogP contribution >= 0.6 is 0 Å². The molecule has 0 atom stereocenters. The number of fused-ring (bicyclic) bond motifs is 2. The number of aromatic nitrogens is 1. The van der Waals surface area contributed by atoms with Crippen LogP contribution in [0.1, 0.15) is 11.3 Å². The van der Waals surface area contributed by atoms with E-state index in [0.29, 0.717) is 0 Å². The fourth-order valence-corrected chi connectivity index (χ4v) is 1.56. The second kappa shape index (κ2) is 2.36. The molecule has 1 aliphatic heterocycles. The first-order valence-electron chi connectivity index (χ1n) is 4.19. The van der Waals surface area contributed by atoms with Crippen molar-refractivity contribution in [2.24, 2.45) is 4.99 Å². The van der Waals surface area contributed by atoms with Gasteiger partial charge >= 0.3 is 0 Å². The van der Waals surface area contributed by atoms with E-state index < -0.39 is 0 Å². The third-order valence-corrected chi connectivity index (χ3v) is 2.24. The van der Waals surface area contributed by atoms with Gasteiger partial charge in [-0.2, -0.15) is 0 Å². The van der Waals surface area contributed by atoms with Gasteiger partial charge in [0.15, 0.2) is 0 Å². The van der Waals surface area contributed by atoms with Crippen molar-refractivity contribution in [3.8, 4) is 0 Å². The van der Waals surface area contributed by atoms with Gasteiger partial charge in [-0.1, -0.05) is 0 Å². The molecular formula is C10H8N2O. The first kappa shape index (κ1) is 6.71. The monoisotopic (exact) mass is 172 g/mol. The van der Waals surface area contributed by atoms with Crippen LogP contribution in [0.25, 0.3) is 0 Å². The van der Waals surface area contributed by atoms with Gasteiger partial charge in [0.25, 0.3) is 0 Å². The fraction of sp³-hybridized carbons (Fsp3) is 0.100. The number of rotatable bonds is 0. The van der Waals surface area contributed by atoms with E-state index in [1.54, 1.807) is 6.26 Å². The van der Waals surface area contributed by atoms with Gasteiger partial charge in [0, 0.05) is 11.8 Å². The lowest BCUT2D eigenvalue weighted by atomic mass is 10.3. The summed E-state index contributed by atoms with van der Waals surface area (Å²) in [5.41, 5.74) is 2.25. The summed E-state index contributed by atoms with van der Waals surface area (Å²) < 4.78 is 7.37. The number of aliphatic imine (C=N–C) groups is 1. The highest BCUT2D eigenvalue weighted by atomic mass is 16.3. The molecule has 2 aromatic heterocycles. The van der Waals surface area contributed by atoms with E-state index in [1.165, 1.54) is 0 Å². The van der Waals surface area contributed by atoms with Crippen LogP contribution in [-0.2, 0) is 6.54 Å². The summed E-state index contributed by atoms with van der Waals surface area (Å²) in [7, 11) is 0. The van der Waals surface area contributed by atoms with Gasteiger partial charge in [0.2, 0.25) is 5.88 Å². The fourth-order valence-electron chi connectivity index (χ4n) is 1.56. The van der Waals surface area contributed by atoms with Gasteiger partial charge in [-0.25, -0.2) is 4.99 Å². The van der Waals surface area contributed by atoms with Gasteiger partial charge in [0.05, 0.1) is 24.7 Å². The Labute approximate surface area is 75.3 Å². The van der Waals surface area contributed by atoms with Gasteiger partial charge in [0.1, 0.15) is 0 Å². The zero-order chi connectivity index (χ0) is 8.67. The smallest absolute Gasteiger partial charge is 0.223 e. The molecule has 0 unspecified atom stereocenters. The molecule has 1 aliphatic rings. The first-order chi connectivity index (χ1) is 6.43. The largest absolute Gasteiger partial charge is 0.446 e. The lowest BCUT2D eigenvalue weighted by Crippen LogP contribution is -1.99. The molecule has 2 aromatic rings. The molecule has 0 N–H and O–H groups in total. The van der Waals surface area contributed by atoms with E-state index in [4.69, 9.17) is 4.42 Å². The van der Waals surface area contributed by atoms with Gasteiger partial charge in [-0.05, 0) is 18.2 Å². The zero-order valence-corrected chi connectivity index (χ0v) is 6.97. The molecule has 0 radical (unpaired) electrons. The molecule has 0 saturated carbocycles. The number of nitrogens with zero attached hydrogens (tertiary/aromatic N) is 2. The molecular weight excluding hydrogens is 164 g/mol. The summed E-state index contributed by atoms with van der Waals surface area (Å²) in [4.78, 5) is 4.25. The molecule has 0 amide bonds. The summed E-state index contributed by atoms with van der Waals surface area (Å²) in [6, 6.07) is 6.02. The Morgan fingerprint density at radius 1 is 1.38 bits per heavy atom. The molecule has 0 saturated heterocycles. The van der Waals surface area contributed by atoms with Crippen LogP contribution in [0.15, 0.2) is 40.1 Å². The van der Waals surface area contributed by atoms with Crippen LogP contribution in [0.5, 0.6) is 0 Å². The van der Waals surface area contributed by atoms with Gasteiger partial charge < -0.3 is 8.98 Å². The van der Waals surface area contributed by atoms with E-state index in [2.05, 4.69) is 9.56 Å². The summed E-state index contributed by atoms with van der Waals surface area (Å²) in [6.07, 6.45) is 5.55. The topological polar surface area (TPSA) is 30.4 Å². The lowest BCUT2D eigenvalue weighted by Gasteiger charge is -2.00. The molecule has 3 nitrogen and oxygen atoms in total. The molecule has 13 heavy (non-hydrogen) atoms. The quantitative estimate of drug-likeness (QED) is 0.511. The Hall–Kier alpha value is -1.77. The minimum Gasteiger partial charge on any atom is -0.446 e. The number of hydrogen-bond acceptors (Lipinski definition) is 2. The maximum Gasteiger partial charge on any atom is 0.223 e. The van der Waals surface area contributed by atoms with Crippen LogP contribution < -0.4 is 0 Å². The lowest BCUT2D eigenvalue weighted by molar-refractivity contribution is 0.575. The van der Waals surface area contributed by atoms with E-state index in [1.807, 2.05) is 30.6 Å². The van der Waals surface area contributed by atoms with Crippen molar-refractivity contribution in [3.05, 3.63) is 41.9 Å². The predicted molar refractivity (Wildman–Crippen MR) is 49.5 cm³/mol. The number of hydrogen-bond donors (Lipinski definition) is 0. The van der Waals surface area contributed by atoms with Gasteiger partial charge in [-0.15, -0.1) is 0 Å². The predicted octanol–water partition coefficient (Wildman–Crippen LogP) is 2.19. The maximum atomic E-state index is 5.23. The molecule has 0 fully saturated rings. The van der Waals surface area contributed by atoms with E-state index in [-0.39, 0.29) is 0 Å². The highest BCUT2D eigenvalue weighted by molar-refractivity contribution is 5.80. The molecule has 3 rings (SSSR count). The maximum absolute atomic E-state index is 5.23. The van der Waals surface area contributed by atoms with Crippen molar-refractivity contribution >= 4 is 12.1 Å². The van der Waals surface area contributed by atoms with Crippen LogP contribution in [0, 0.1) is 0 Å². The third kappa shape index (κ3) is 0.935. The van der Waals surface area contributed by atoms with E-state index in [9.17, 15) is 0 Å².